The van der Waals surface area contributed by atoms with Gasteiger partial charge in [0.05, 0.1) is 10.7 Å². The van der Waals surface area contributed by atoms with Crippen LogP contribution >= 0.6 is 11.6 Å². The number of unbranched alkanes of at least 4 members (excludes halogenated alkanes) is 1. The standard InChI is InChI=1S/C17H25ClN2O2/c1-5-6-11-19-15(21)20(14-10-8-7-9-13(14)18)17(4,22)12-16(19,2)3/h7-10,22H,5-6,11-12H2,1-4H3/t17-/m0/s1. The molecule has 1 aliphatic heterocycles. The Morgan fingerprint density at radius 2 is 1.91 bits per heavy atom. The van der Waals surface area contributed by atoms with E-state index in [1.807, 2.05) is 30.9 Å². The Morgan fingerprint density at radius 3 is 2.50 bits per heavy atom. The van der Waals surface area contributed by atoms with E-state index in [0.29, 0.717) is 23.7 Å². The first-order valence-corrected chi connectivity index (χ1v) is 8.17. The van der Waals surface area contributed by atoms with Crippen molar-refractivity contribution in [2.75, 3.05) is 11.4 Å². The molecule has 4 nitrogen and oxygen atoms in total. The lowest BCUT2D eigenvalue weighted by Crippen LogP contribution is -2.68. The number of hydrogen-bond donors (Lipinski definition) is 1. The number of carbonyl (C=O) groups is 1. The van der Waals surface area contributed by atoms with Gasteiger partial charge in [-0.15, -0.1) is 0 Å². The molecule has 0 aromatic heterocycles. The Hall–Kier alpha value is -1.26. The molecule has 0 bridgehead atoms. The lowest BCUT2D eigenvalue weighted by Gasteiger charge is -2.53. The summed E-state index contributed by atoms with van der Waals surface area (Å²) in [7, 11) is 0. The first kappa shape index (κ1) is 17.1. The zero-order valence-corrected chi connectivity index (χ0v) is 14.5. The van der Waals surface area contributed by atoms with E-state index in [2.05, 4.69) is 6.92 Å². The van der Waals surface area contributed by atoms with Gasteiger partial charge in [-0.1, -0.05) is 37.1 Å². The van der Waals surface area contributed by atoms with Gasteiger partial charge in [-0.2, -0.15) is 0 Å². The third-order valence-corrected chi connectivity index (χ3v) is 4.55. The summed E-state index contributed by atoms with van der Waals surface area (Å²) in [5, 5.41) is 11.3. The number of rotatable bonds is 4. The van der Waals surface area contributed by atoms with Crippen LogP contribution in [0.4, 0.5) is 10.5 Å². The normalized spacial score (nSPS) is 24.7. The van der Waals surface area contributed by atoms with Gasteiger partial charge in [-0.25, -0.2) is 4.79 Å². The fourth-order valence-electron chi connectivity index (χ4n) is 3.29. The van der Waals surface area contributed by atoms with Crippen molar-refractivity contribution in [3.05, 3.63) is 29.3 Å². The fourth-order valence-corrected chi connectivity index (χ4v) is 3.51. The average molecular weight is 325 g/mol. The number of carbonyl (C=O) groups excluding carboxylic acids is 1. The molecule has 0 aliphatic carbocycles. The van der Waals surface area contributed by atoms with E-state index in [-0.39, 0.29) is 6.03 Å². The second-order valence-corrected chi connectivity index (χ2v) is 7.19. The highest BCUT2D eigenvalue weighted by atomic mass is 35.5. The maximum absolute atomic E-state index is 13.0. The van der Waals surface area contributed by atoms with E-state index in [1.54, 1.807) is 19.1 Å². The predicted molar refractivity (Wildman–Crippen MR) is 90.3 cm³/mol. The molecule has 1 aromatic carbocycles. The number of para-hydroxylation sites is 1. The number of halogens is 1. The number of aliphatic hydroxyl groups is 1. The van der Waals surface area contributed by atoms with Gasteiger partial charge in [0.2, 0.25) is 0 Å². The molecule has 2 rings (SSSR count). The lowest BCUT2D eigenvalue weighted by atomic mass is 9.87. The minimum absolute atomic E-state index is 0.192. The second-order valence-electron chi connectivity index (χ2n) is 6.78. The van der Waals surface area contributed by atoms with Crippen molar-refractivity contribution in [1.29, 1.82) is 0 Å². The van der Waals surface area contributed by atoms with Crippen molar-refractivity contribution in [2.45, 2.75) is 58.2 Å². The Bertz CT molecular complexity index is 557. The monoisotopic (exact) mass is 324 g/mol. The molecule has 0 saturated carbocycles. The predicted octanol–water partition coefficient (Wildman–Crippen LogP) is 4.26. The summed E-state index contributed by atoms with van der Waals surface area (Å²) in [6.45, 7) is 8.45. The highest BCUT2D eigenvalue weighted by Crippen LogP contribution is 2.41. The molecule has 5 heteroatoms. The Balaban J connectivity index is 2.44. The zero-order valence-electron chi connectivity index (χ0n) is 13.8. The fraction of sp³-hybridized carbons (Fsp3) is 0.588. The van der Waals surface area contributed by atoms with Crippen LogP contribution in [0.15, 0.2) is 24.3 Å². The van der Waals surface area contributed by atoms with Crippen molar-refractivity contribution in [1.82, 2.24) is 4.90 Å². The maximum Gasteiger partial charge on any atom is 0.327 e. The molecule has 1 atom stereocenters. The number of urea groups is 1. The molecule has 0 radical (unpaired) electrons. The average Bonchev–Trinajstić information content (AvgIpc) is 2.38. The maximum atomic E-state index is 13.0. The van der Waals surface area contributed by atoms with Gasteiger partial charge in [0, 0.05) is 18.5 Å². The molecule has 122 valence electrons. The van der Waals surface area contributed by atoms with Gasteiger partial charge in [-0.3, -0.25) is 4.90 Å². The quantitative estimate of drug-likeness (QED) is 0.899. The molecule has 1 saturated heterocycles. The Kier molecular flexibility index (Phi) is 4.73. The van der Waals surface area contributed by atoms with Crippen LogP contribution in [-0.2, 0) is 0 Å². The van der Waals surface area contributed by atoms with E-state index in [9.17, 15) is 9.90 Å². The van der Waals surface area contributed by atoms with Crippen molar-refractivity contribution in [3.8, 4) is 0 Å². The van der Waals surface area contributed by atoms with Crippen LogP contribution in [0.5, 0.6) is 0 Å². The van der Waals surface area contributed by atoms with Gasteiger partial charge in [0.15, 0.2) is 0 Å². The van der Waals surface area contributed by atoms with Crippen LogP contribution < -0.4 is 4.90 Å². The third-order valence-electron chi connectivity index (χ3n) is 4.23. The highest BCUT2D eigenvalue weighted by Gasteiger charge is 2.50. The van der Waals surface area contributed by atoms with E-state index in [1.165, 1.54) is 4.90 Å². The molecule has 1 fully saturated rings. The van der Waals surface area contributed by atoms with Crippen LogP contribution in [0, 0.1) is 0 Å². The topological polar surface area (TPSA) is 43.8 Å². The minimum atomic E-state index is -1.27. The lowest BCUT2D eigenvalue weighted by molar-refractivity contribution is -0.0255. The summed E-state index contributed by atoms with van der Waals surface area (Å²) in [4.78, 5) is 16.3. The van der Waals surface area contributed by atoms with Gasteiger partial charge in [0.25, 0.3) is 0 Å². The van der Waals surface area contributed by atoms with E-state index >= 15 is 0 Å². The van der Waals surface area contributed by atoms with Crippen LogP contribution in [0.25, 0.3) is 0 Å². The number of benzene rings is 1. The van der Waals surface area contributed by atoms with Gasteiger partial charge in [-0.05, 0) is 39.3 Å². The molecule has 1 aliphatic rings. The summed E-state index contributed by atoms with van der Waals surface area (Å²) >= 11 is 6.25. The van der Waals surface area contributed by atoms with Gasteiger partial charge < -0.3 is 10.0 Å². The number of amides is 2. The van der Waals surface area contributed by atoms with Gasteiger partial charge in [0.1, 0.15) is 5.72 Å². The smallest absolute Gasteiger partial charge is 0.327 e. The molecule has 2 amide bonds. The SMILES string of the molecule is CCCCN1C(=O)N(c2ccccc2Cl)[C@@](C)(O)CC1(C)C. The first-order chi connectivity index (χ1) is 10.2. The molecule has 0 spiro atoms. The summed E-state index contributed by atoms with van der Waals surface area (Å²) in [6.07, 6.45) is 2.41. The second kappa shape index (κ2) is 6.09. The van der Waals surface area contributed by atoms with E-state index in [4.69, 9.17) is 11.6 Å². The van der Waals surface area contributed by atoms with E-state index in [0.717, 1.165) is 12.8 Å². The summed E-state index contributed by atoms with van der Waals surface area (Å²) in [5.41, 5.74) is -1.11. The van der Waals surface area contributed by atoms with Crippen molar-refractivity contribution >= 4 is 23.3 Å². The van der Waals surface area contributed by atoms with Crippen LogP contribution in [-0.4, -0.2) is 33.8 Å². The van der Waals surface area contributed by atoms with Gasteiger partial charge >= 0.3 is 6.03 Å². The molecular weight excluding hydrogens is 300 g/mol. The first-order valence-electron chi connectivity index (χ1n) is 7.79. The third kappa shape index (κ3) is 3.08. The summed E-state index contributed by atoms with van der Waals surface area (Å²) in [5.74, 6) is 0. The van der Waals surface area contributed by atoms with Crippen LogP contribution in [0.2, 0.25) is 5.02 Å². The molecule has 22 heavy (non-hydrogen) atoms. The number of anilines is 1. The molecule has 1 heterocycles. The zero-order chi connectivity index (χ0) is 16.5. The largest absolute Gasteiger partial charge is 0.371 e. The molecule has 0 unspecified atom stereocenters. The minimum Gasteiger partial charge on any atom is -0.371 e. The summed E-state index contributed by atoms with van der Waals surface area (Å²) < 4.78 is 0. The molecular formula is C17H25ClN2O2. The summed E-state index contributed by atoms with van der Waals surface area (Å²) in [6, 6.07) is 6.94. The highest BCUT2D eigenvalue weighted by molar-refractivity contribution is 6.33. The molecule has 1 N–H and O–H groups in total. The van der Waals surface area contributed by atoms with Crippen molar-refractivity contribution < 1.29 is 9.90 Å². The molecule has 1 aromatic rings. The Morgan fingerprint density at radius 1 is 1.27 bits per heavy atom. The van der Waals surface area contributed by atoms with Crippen molar-refractivity contribution in [2.24, 2.45) is 0 Å². The van der Waals surface area contributed by atoms with Crippen molar-refractivity contribution in [3.63, 3.8) is 0 Å². The van der Waals surface area contributed by atoms with Crippen LogP contribution in [0.3, 0.4) is 0 Å². The van der Waals surface area contributed by atoms with Crippen LogP contribution in [0.1, 0.15) is 47.0 Å². The number of hydrogen-bond acceptors (Lipinski definition) is 2. The number of nitrogens with zero attached hydrogens (tertiary/aromatic N) is 2. The Labute approximate surface area is 137 Å². The van der Waals surface area contributed by atoms with E-state index < -0.39 is 11.3 Å².